The molecule has 1 N–H and O–H groups in total. The van der Waals surface area contributed by atoms with Crippen molar-refractivity contribution in [1.82, 2.24) is 4.98 Å². The zero-order chi connectivity index (χ0) is 14.5. The fourth-order valence-electron chi connectivity index (χ4n) is 1.79. The Bertz CT molecular complexity index is 651. The third-order valence-electron chi connectivity index (χ3n) is 2.80. The molecule has 1 heterocycles. The topological polar surface area (TPSA) is 66.1 Å². The number of ether oxygens (including phenoxy) is 1. The number of halogens is 1. The van der Waals surface area contributed by atoms with Crippen molar-refractivity contribution in [3.05, 3.63) is 58.4 Å². The second kappa shape index (κ2) is 6.38. The van der Waals surface area contributed by atoms with Crippen molar-refractivity contribution in [2.45, 2.75) is 19.6 Å². The van der Waals surface area contributed by atoms with Crippen LogP contribution in [0.25, 0.3) is 0 Å². The molecule has 20 heavy (non-hydrogen) atoms. The van der Waals surface area contributed by atoms with Gasteiger partial charge in [0.05, 0.1) is 6.10 Å². The summed E-state index contributed by atoms with van der Waals surface area (Å²) in [5, 5.41) is 19.2. The van der Waals surface area contributed by atoms with Crippen LogP contribution in [-0.4, -0.2) is 10.1 Å². The van der Waals surface area contributed by atoms with E-state index in [2.05, 4.69) is 4.98 Å². The van der Waals surface area contributed by atoms with Crippen molar-refractivity contribution < 1.29 is 9.84 Å². The van der Waals surface area contributed by atoms with Gasteiger partial charge in [-0.15, -0.1) is 0 Å². The highest BCUT2D eigenvalue weighted by Gasteiger charge is 2.11. The minimum atomic E-state index is -0.687. The molecule has 0 fully saturated rings. The minimum absolute atomic E-state index is 0.206. The largest absolute Gasteiger partial charge is 0.488 e. The first-order valence-corrected chi connectivity index (χ1v) is 6.44. The Morgan fingerprint density at radius 3 is 2.95 bits per heavy atom. The van der Waals surface area contributed by atoms with Gasteiger partial charge in [0, 0.05) is 22.3 Å². The van der Waals surface area contributed by atoms with Crippen LogP contribution in [0.15, 0.2) is 36.5 Å². The molecular weight excluding hydrogens is 276 g/mol. The quantitative estimate of drug-likeness (QED) is 0.938. The van der Waals surface area contributed by atoms with Crippen LogP contribution in [0, 0.1) is 11.3 Å². The molecule has 1 aromatic carbocycles. The van der Waals surface area contributed by atoms with Crippen LogP contribution in [0.4, 0.5) is 0 Å². The van der Waals surface area contributed by atoms with E-state index in [4.69, 9.17) is 21.6 Å². The van der Waals surface area contributed by atoms with Gasteiger partial charge in [-0.2, -0.15) is 5.26 Å². The van der Waals surface area contributed by atoms with Gasteiger partial charge in [-0.1, -0.05) is 17.7 Å². The third kappa shape index (κ3) is 3.27. The zero-order valence-corrected chi connectivity index (χ0v) is 11.6. The fraction of sp³-hybridized carbons (Fsp3) is 0.200. The van der Waals surface area contributed by atoms with Crippen molar-refractivity contribution >= 4 is 11.6 Å². The van der Waals surface area contributed by atoms with Gasteiger partial charge in [0.2, 0.25) is 0 Å². The average molecular weight is 289 g/mol. The first-order chi connectivity index (χ1) is 9.61. The van der Waals surface area contributed by atoms with E-state index in [-0.39, 0.29) is 6.61 Å². The average Bonchev–Trinajstić information content (AvgIpc) is 2.46. The van der Waals surface area contributed by atoms with Crippen LogP contribution in [0.3, 0.4) is 0 Å². The Hall–Kier alpha value is -2.09. The van der Waals surface area contributed by atoms with E-state index in [1.54, 1.807) is 43.5 Å². The molecule has 2 rings (SSSR count). The van der Waals surface area contributed by atoms with Gasteiger partial charge in [0.1, 0.15) is 24.1 Å². The van der Waals surface area contributed by atoms with Gasteiger partial charge in [-0.25, -0.2) is 4.98 Å². The molecule has 0 bridgehead atoms. The number of hydrogen-bond donors (Lipinski definition) is 1. The summed E-state index contributed by atoms with van der Waals surface area (Å²) < 4.78 is 5.67. The zero-order valence-electron chi connectivity index (χ0n) is 10.9. The molecule has 0 radical (unpaired) electrons. The number of pyridine rings is 1. The van der Waals surface area contributed by atoms with Crippen LogP contribution in [-0.2, 0) is 6.61 Å². The molecule has 2 aromatic rings. The second-order valence-electron chi connectivity index (χ2n) is 4.27. The maximum Gasteiger partial charge on any atom is 0.147 e. The second-order valence-corrected chi connectivity index (χ2v) is 4.71. The van der Waals surface area contributed by atoms with Crippen molar-refractivity contribution in [2.24, 2.45) is 0 Å². The number of nitrogens with zero attached hydrogens (tertiary/aromatic N) is 2. The number of nitriles is 1. The smallest absolute Gasteiger partial charge is 0.147 e. The molecule has 0 aliphatic rings. The van der Waals surface area contributed by atoms with E-state index in [0.717, 1.165) is 0 Å². The van der Waals surface area contributed by atoms with E-state index in [0.29, 0.717) is 27.6 Å². The third-order valence-corrected chi connectivity index (χ3v) is 3.04. The normalized spacial score (nSPS) is 11.7. The number of aliphatic hydroxyl groups excluding tert-OH is 1. The van der Waals surface area contributed by atoms with Crippen molar-refractivity contribution in [2.75, 3.05) is 0 Å². The summed E-state index contributed by atoms with van der Waals surface area (Å²) in [6, 6.07) is 10.6. The summed E-state index contributed by atoms with van der Waals surface area (Å²) in [6.45, 7) is 1.85. The van der Waals surface area contributed by atoms with Gasteiger partial charge in [0.15, 0.2) is 0 Å². The molecule has 0 saturated heterocycles. The summed E-state index contributed by atoms with van der Waals surface area (Å²) in [5.41, 5.74) is 1.64. The van der Waals surface area contributed by atoms with Gasteiger partial charge >= 0.3 is 0 Å². The van der Waals surface area contributed by atoms with Crippen LogP contribution < -0.4 is 4.74 Å². The van der Waals surface area contributed by atoms with Crippen LogP contribution in [0.2, 0.25) is 5.02 Å². The molecule has 0 spiro atoms. The molecule has 5 heteroatoms. The van der Waals surface area contributed by atoms with E-state index in [1.165, 1.54) is 0 Å². The van der Waals surface area contributed by atoms with Gasteiger partial charge in [-0.3, -0.25) is 0 Å². The molecule has 1 atom stereocenters. The highest BCUT2D eigenvalue weighted by atomic mass is 35.5. The number of benzene rings is 1. The highest BCUT2D eigenvalue weighted by molar-refractivity contribution is 6.30. The molecule has 4 nitrogen and oxygen atoms in total. The first-order valence-electron chi connectivity index (χ1n) is 6.06. The lowest BCUT2D eigenvalue weighted by molar-refractivity contribution is 0.190. The van der Waals surface area contributed by atoms with Crippen LogP contribution >= 0.6 is 11.6 Å². The predicted octanol–water partition coefficient (Wildman–Crippen LogP) is 3.24. The highest BCUT2D eigenvalue weighted by Crippen LogP contribution is 2.29. The lowest BCUT2D eigenvalue weighted by atomic mass is 10.1. The van der Waals surface area contributed by atoms with Gasteiger partial charge in [0.25, 0.3) is 0 Å². The summed E-state index contributed by atoms with van der Waals surface area (Å²) >= 11 is 5.91. The van der Waals surface area contributed by atoms with E-state index in [1.807, 2.05) is 6.07 Å². The van der Waals surface area contributed by atoms with E-state index >= 15 is 0 Å². The minimum Gasteiger partial charge on any atom is -0.488 e. The summed E-state index contributed by atoms with van der Waals surface area (Å²) in [5.74, 6) is 0.539. The van der Waals surface area contributed by atoms with Crippen LogP contribution in [0.1, 0.15) is 29.8 Å². The van der Waals surface area contributed by atoms with Crippen molar-refractivity contribution in [3.8, 4) is 11.8 Å². The summed E-state index contributed by atoms with van der Waals surface area (Å²) in [7, 11) is 0. The van der Waals surface area contributed by atoms with E-state index in [9.17, 15) is 5.11 Å². The number of aliphatic hydroxyl groups is 1. The number of rotatable bonds is 4. The van der Waals surface area contributed by atoms with E-state index < -0.39 is 6.10 Å². The Kier molecular flexibility index (Phi) is 4.57. The number of hydrogen-bond acceptors (Lipinski definition) is 4. The SMILES string of the molecule is C[C@@H](O)c1cc(Cl)ccc1OCc1cccnc1C#N. The fourth-order valence-corrected chi connectivity index (χ4v) is 1.97. The number of aromatic nitrogens is 1. The summed E-state index contributed by atoms with van der Waals surface area (Å²) in [4.78, 5) is 3.97. The Labute approximate surface area is 122 Å². The molecule has 0 aliphatic heterocycles. The standard InChI is InChI=1S/C15H13ClN2O2/c1-10(19)13-7-12(16)4-5-15(13)20-9-11-3-2-6-18-14(11)8-17/h2-7,10,19H,9H2,1H3/t10-/m1/s1. The molecule has 0 amide bonds. The molecule has 102 valence electrons. The predicted molar refractivity (Wildman–Crippen MR) is 75.4 cm³/mol. The molecule has 1 aromatic heterocycles. The lowest BCUT2D eigenvalue weighted by Gasteiger charge is -2.14. The van der Waals surface area contributed by atoms with Crippen LogP contribution in [0.5, 0.6) is 5.75 Å². The molecule has 0 unspecified atom stereocenters. The van der Waals surface area contributed by atoms with Gasteiger partial charge in [-0.05, 0) is 31.2 Å². The Morgan fingerprint density at radius 2 is 2.25 bits per heavy atom. The molecule has 0 saturated carbocycles. The monoisotopic (exact) mass is 288 g/mol. The molecule has 0 aliphatic carbocycles. The Morgan fingerprint density at radius 1 is 1.45 bits per heavy atom. The summed E-state index contributed by atoms with van der Waals surface area (Å²) in [6.07, 6.45) is 0.874. The maximum atomic E-state index is 9.72. The Balaban J connectivity index is 2.21. The van der Waals surface area contributed by atoms with Crippen molar-refractivity contribution in [3.63, 3.8) is 0 Å². The maximum absolute atomic E-state index is 9.72. The van der Waals surface area contributed by atoms with Crippen molar-refractivity contribution in [1.29, 1.82) is 5.26 Å². The molecular formula is C15H13ClN2O2. The lowest BCUT2D eigenvalue weighted by Crippen LogP contribution is -2.03. The first kappa shape index (κ1) is 14.3. The van der Waals surface area contributed by atoms with Gasteiger partial charge < -0.3 is 9.84 Å².